The molecule has 0 aliphatic carbocycles. The molecular formula is C20H21N3O4. The van der Waals surface area contributed by atoms with Crippen molar-refractivity contribution in [2.45, 2.75) is 6.54 Å². The van der Waals surface area contributed by atoms with Crippen molar-refractivity contribution in [2.24, 2.45) is 0 Å². The summed E-state index contributed by atoms with van der Waals surface area (Å²) in [5.41, 5.74) is 1.44. The van der Waals surface area contributed by atoms with Crippen LogP contribution in [0.25, 0.3) is 5.69 Å². The number of rotatable bonds is 7. The highest BCUT2D eigenvalue weighted by Gasteiger charge is 2.08. The first-order valence-electron chi connectivity index (χ1n) is 8.33. The number of aromatic nitrogens is 2. The Morgan fingerprint density at radius 2 is 1.70 bits per heavy atom. The maximum atomic E-state index is 12.7. The molecule has 2 aromatic carbocycles. The van der Waals surface area contributed by atoms with Gasteiger partial charge >= 0.3 is 0 Å². The summed E-state index contributed by atoms with van der Waals surface area (Å²) >= 11 is 0. The van der Waals surface area contributed by atoms with Crippen molar-refractivity contribution in [3.63, 3.8) is 0 Å². The number of ether oxygens (including phenoxy) is 3. The van der Waals surface area contributed by atoms with Gasteiger partial charge in [0.2, 0.25) is 0 Å². The van der Waals surface area contributed by atoms with Gasteiger partial charge in [0.05, 0.1) is 21.3 Å². The molecule has 7 heteroatoms. The summed E-state index contributed by atoms with van der Waals surface area (Å²) in [6, 6.07) is 12.8. The smallest absolute Gasteiger partial charge is 0.297 e. The quantitative estimate of drug-likeness (QED) is 0.692. The molecule has 1 N–H and O–H groups in total. The average Bonchev–Trinajstić information content (AvgIpc) is 2.73. The average molecular weight is 367 g/mol. The number of nitrogens with zero attached hydrogens (tertiary/aromatic N) is 2. The van der Waals surface area contributed by atoms with E-state index in [2.05, 4.69) is 10.3 Å². The predicted molar refractivity (Wildman–Crippen MR) is 103 cm³/mol. The van der Waals surface area contributed by atoms with Gasteiger partial charge in [-0.15, -0.1) is 0 Å². The maximum Gasteiger partial charge on any atom is 0.297 e. The van der Waals surface area contributed by atoms with Crippen LogP contribution in [0.2, 0.25) is 0 Å². The number of hydrogen-bond acceptors (Lipinski definition) is 6. The Balaban J connectivity index is 1.81. The lowest BCUT2D eigenvalue weighted by molar-refractivity contribution is 0.354. The third-order valence-corrected chi connectivity index (χ3v) is 4.10. The molecule has 1 aromatic heterocycles. The molecule has 0 amide bonds. The fraction of sp³-hybridized carbons (Fsp3) is 0.200. The van der Waals surface area contributed by atoms with Crippen molar-refractivity contribution < 1.29 is 14.2 Å². The van der Waals surface area contributed by atoms with Crippen LogP contribution in [0.15, 0.2) is 59.7 Å². The zero-order valence-corrected chi connectivity index (χ0v) is 15.4. The minimum Gasteiger partial charge on any atom is -0.497 e. The first-order valence-corrected chi connectivity index (χ1v) is 8.33. The molecule has 0 bridgehead atoms. The van der Waals surface area contributed by atoms with Gasteiger partial charge in [-0.3, -0.25) is 9.36 Å². The molecular weight excluding hydrogens is 346 g/mol. The summed E-state index contributed by atoms with van der Waals surface area (Å²) in [6.45, 7) is 0.426. The molecule has 140 valence electrons. The van der Waals surface area contributed by atoms with Crippen molar-refractivity contribution in [2.75, 3.05) is 26.6 Å². The van der Waals surface area contributed by atoms with E-state index in [9.17, 15) is 4.79 Å². The second-order valence-electron chi connectivity index (χ2n) is 5.69. The van der Waals surface area contributed by atoms with Crippen molar-refractivity contribution >= 4 is 5.82 Å². The van der Waals surface area contributed by atoms with Gasteiger partial charge < -0.3 is 19.5 Å². The van der Waals surface area contributed by atoms with E-state index < -0.39 is 0 Å². The SMILES string of the molecule is COc1ccc(-n2ccnc(NCc3ccc(OC)c(OC)c3)c2=O)cc1. The molecule has 0 fully saturated rings. The Kier molecular flexibility index (Phi) is 5.61. The second-order valence-corrected chi connectivity index (χ2v) is 5.69. The Bertz CT molecular complexity index is 968. The predicted octanol–water partition coefficient (Wildman–Crippen LogP) is 2.87. The normalized spacial score (nSPS) is 10.3. The largest absolute Gasteiger partial charge is 0.497 e. The van der Waals surface area contributed by atoms with Crippen molar-refractivity contribution in [1.29, 1.82) is 0 Å². The van der Waals surface area contributed by atoms with E-state index in [1.165, 1.54) is 4.57 Å². The molecule has 0 unspecified atom stereocenters. The zero-order chi connectivity index (χ0) is 19.2. The fourth-order valence-corrected chi connectivity index (χ4v) is 2.66. The first-order chi connectivity index (χ1) is 13.2. The molecule has 27 heavy (non-hydrogen) atoms. The summed E-state index contributed by atoms with van der Waals surface area (Å²) in [4.78, 5) is 16.9. The molecule has 0 aliphatic rings. The van der Waals surface area contributed by atoms with Gasteiger partial charge in [-0.05, 0) is 42.0 Å². The number of hydrogen-bond donors (Lipinski definition) is 1. The topological polar surface area (TPSA) is 74.6 Å². The summed E-state index contributed by atoms with van der Waals surface area (Å²) in [6.07, 6.45) is 3.22. The van der Waals surface area contributed by atoms with Crippen LogP contribution in [-0.2, 0) is 6.54 Å². The molecule has 0 radical (unpaired) electrons. The lowest BCUT2D eigenvalue weighted by atomic mass is 10.2. The van der Waals surface area contributed by atoms with Crippen LogP contribution >= 0.6 is 0 Å². The monoisotopic (exact) mass is 367 g/mol. The fourth-order valence-electron chi connectivity index (χ4n) is 2.66. The standard InChI is InChI=1S/C20H21N3O4/c1-25-16-7-5-15(6-8-16)23-11-10-21-19(20(23)24)22-13-14-4-9-17(26-2)18(12-14)27-3/h4-12H,13H2,1-3H3,(H,21,22). The summed E-state index contributed by atoms with van der Waals surface area (Å²) < 4.78 is 17.2. The Labute approximate surface area is 157 Å². The third kappa shape index (κ3) is 4.03. The summed E-state index contributed by atoms with van der Waals surface area (Å²) in [7, 11) is 4.77. The molecule has 0 aliphatic heterocycles. The van der Waals surface area contributed by atoms with Crippen LogP contribution in [-0.4, -0.2) is 30.9 Å². The Morgan fingerprint density at radius 3 is 2.37 bits per heavy atom. The molecule has 7 nitrogen and oxygen atoms in total. The minimum atomic E-state index is -0.233. The Morgan fingerprint density at radius 1 is 0.963 bits per heavy atom. The number of anilines is 1. The molecule has 1 heterocycles. The Hall–Kier alpha value is -3.48. The van der Waals surface area contributed by atoms with E-state index >= 15 is 0 Å². The summed E-state index contributed by atoms with van der Waals surface area (Å²) in [5.74, 6) is 2.28. The lowest BCUT2D eigenvalue weighted by Gasteiger charge is -2.11. The molecule has 0 saturated heterocycles. The van der Waals surface area contributed by atoms with Crippen LogP contribution in [0, 0.1) is 0 Å². The van der Waals surface area contributed by atoms with Gasteiger partial charge in [0.25, 0.3) is 5.56 Å². The molecule has 0 saturated carbocycles. The highest BCUT2D eigenvalue weighted by Crippen LogP contribution is 2.27. The van der Waals surface area contributed by atoms with E-state index in [4.69, 9.17) is 14.2 Å². The molecule has 3 aromatic rings. The van der Waals surface area contributed by atoms with E-state index in [1.54, 1.807) is 45.9 Å². The van der Waals surface area contributed by atoms with Crippen LogP contribution < -0.4 is 25.1 Å². The van der Waals surface area contributed by atoms with Gasteiger partial charge in [-0.25, -0.2) is 4.98 Å². The van der Waals surface area contributed by atoms with Gasteiger partial charge in [0, 0.05) is 24.6 Å². The van der Waals surface area contributed by atoms with Crippen LogP contribution in [0.1, 0.15) is 5.56 Å². The maximum absolute atomic E-state index is 12.7. The third-order valence-electron chi connectivity index (χ3n) is 4.10. The minimum absolute atomic E-state index is 0.233. The van der Waals surface area contributed by atoms with Crippen LogP contribution in [0.3, 0.4) is 0 Å². The summed E-state index contributed by atoms with van der Waals surface area (Å²) in [5, 5.41) is 3.09. The van der Waals surface area contributed by atoms with Crippen molar-refractivity contribution in [1.82, 2.24) is 9.55 Å². The van der Waals surface area contributed by atoms with E-state index in [1.807, 2.05) is 30.3 Å². The van der Waals surface area contributed by atoms with Crippen molar-refractivity contribution in [3.05, 3.63) is 70.8 Å². The first kappa shape index (κ1) is 18.3. The lowest BCUT2D eigenvalue weighted by Crippen LogP contribution is -2.23. The number of nitrogens with one attached hydrogen (secondary N) is 1. The molecule has 0 atom stereocenters. The highest BCUT2D eigenvalue weighted by atomic mass is 16.5. The van der Waals surface area contributed by atoms with Gasteiger partial charge in [-0.2, -0.15) is 0 Å². The van der Waals surface area contributed by atoms with E-state index in [-0.39, 0.29) is 11.4 Å². The molecule has 0 spiro atoms. The van der Waals surface area contributed by atoms with Gasteiger partial charge in [-0.1, -0.05) is 6.07 Å². The molecule has 3 rings (SSSR count). The van der Waals surface area contributed by atoms with Crippen molar-refractivity contribution in [3.8, 4) is 22.9 Å². The second kappa shape index (κ2) is 8.27. The number of benzene rings is 2. The van der Waals surface area contributed by atoms with E-state index in [0.29, 0.717) is 18.0 Å². The van der Waals surface area contributed by atoms with E-state index in [0.717, 1.165) is 17.0 Å². The van der Waals surface area contributed by atoms with Crippen LogP contribution in [0.4, 0.5) is 5.82 Å². The van der Waals surface area contributed by atoms with Gasteiger partial charge in [0.15, 0.2) is 17.3 Å². The van der Waals surface area contributed by atoms with Crippen LogP contribution in [0.5, 0.6) is 17.2 Å². The van der Waals surface area contributed by atoms with Gasteiger partial charge in [0.1, 0.15) is 5.75 Å². The zero-order valence-electron chi connectivity index (χ0n) is 15.4. The number of methoxy groups -OCH3 is 3. The highest BCUT2D eigenvalue weighted by molar-refractivity contribution is 5.45.